The quantitative estimate of drug-likeness (QED) is 0.701. The summed E-state index contributed by atoms with van der Waals surface area (Å²) in [4.78, 5) is 0. The molecule has 0 unspecified atom stereocenters. The fraction of sp³-hybridized carbons (Fsp3) is 0.333. The third-order valence-electron chi connectivity index (χ3n) is 2.21. The van der Waals surface area contributed by atoms with Crippen molar-refractivity contribution >= 4 is 6.08 Å². The molecule has 1 fully saturated rings. The second kappa shape index (κ2) is 5.84. The van der Waals surface area contributed by atoms with Crippen molar-refractivity contribution in [3.05, 3.63) is 42.0 Å². The van der Waals surface area contributed by atoms with Gasteiger partial charge in [0.2, 0.25) is 0 Å². The molecule has 1 aromatic carbocycles. The first-order valence-corrected chi connectivity index (χ1v) is 4.90. The highest BCUT2D eigenvalue weighted by molar-refractivity contribution is 5.48. The summed E-state index contributed by atoms with van der Waals surface area (Å²) in [6.07, 6.45) is 7.07. The summed E-state index contributed by atoms with van der Waals surface area (Å²) >= 11 is 0. The molecule has 1 aromatic rings. The van der Waals surface area contributed by atoms with Gasteiger partial charge in [0.1, 0.15) is 0 Å². The first-order valence-electron chi connectivity index (χ1n) is 4.90. The molecule has 0 heterocycles. The highest BCUT2D eigenvalue weighted by Crippen LogP contribution is 2.18. The predicted molar refractivity (Wildman–Crippen MR) is 56.5 cm³/mol. The van der Waals surface area contributed by atoms with Crippen LogP contribution in [-0.2, 0) is 0 Å². The van der Waals surface area contributed by atoms with Crippen LogP contribution in [0.25, 0.3) is 6.08 Å². The average molecular weight is 209 g/mol. The van der Waals surface area contributed by atoms with E-state index < -0.39 is 0 Å². The Bertz CT molecular complexity index is 278. The molecule has 2 heteroatoms. The fourth-order valence-electron chi connectivity index (χ4n) is 1.28. The van der Waals surface area contributed by atoms with Gasteiger partial charge in [0.25, 0.3) is 0 Å². The summed E-state index contributed by atoms with van der Waals surface area (Å²) in [5.74, 6) is 0. The SMILES string of the molecule is C(=C\c1ccccc1)/CNC1CC1.[Cl-]. The van der Waals surface area contributed by atoms with Gasteiger partial charge in [-0.15, -0.1) is 0 Å². The molecule has 0 spiro atoms. The van der Waals surface area contributed by atoms with E-state index in [9.17, 15) is 0 Å². The summed E-state index contributed by atoms with van der Waals surface area (Å²) in [5, 5.41) is 3.44. The Morgan fingerprint density at radius 2 is 1.93 bits per heavy atom. The Labute approximate surface area is 91.6 Å². The highest BCUT2D eigenvalue weighted by atomic mass is 35.5. The number of rotatable bonds is 4. The molecule has 2 rings (SSSR count). The van der Waals surface area contributed by atoms with Gasteiger partial charge in [-0.2, -0.15) is 0 Å². The zero-order valence-electron chi connectivity index (χ0n) is 8.12. The Kier molecular flexibility index (Phi) is 4.71. The van der Waals surface area contributed by atoms with Crippen LogP contribution in [0.15, 0.2) is 36.4 Å². The van der Waals surface area contributed by atoms with Crippen LogP contribution in [0.3, 0.4) is 0 Å². The van der Waals surface area contributed by atoms with Crippen LogP contribution in [0.4, 0.5) is 0 Å². The van der Waals surface area contributed by atoms with Crippen LogP contribution in [0.5, 0.6) is 0 Å². The van der Waals surface area contributed by atoms with E-state index in [4.69, 9.17) is 0 Å². The van der Waals surface area contributed by atoms with Crippen LogP contribution in [-0.4, -0.2) is 12.6 Å². The Hall–Kier alpha value is -0.790. The van der Waals surface area contributed by atoms with Crippen LogP contribution in [0.2, 0.25) is 0 Å². The maximum Gasteiger partial charge on any atom is 0.0140 e. The average Bonchev–Trinajstić information content (AvgIpc) is 2.98. The minimum atomic E-state index is 0. The molecule has 0 radical (unpaired) electrons. The van der Waals surface area contributed by atoms with Crippen LogP contribution in [0, 0.1) is 0 Å². The van der Waals surface area contributed by atoms with Gasteiger partial charge in [0.05, 0.1) is 0 Å². The molecule has 1 aliphatic carbocycles. The van der Waals surface area contributed by atoms with E-state index in [1.807, 2.05) is 6.07 Å². The van der Waals surface area contributed by atoms with Crippen molar-refractivity contribution in [2.24, 2.45) is 0 Å². The summed E-state index contributed by atoms with van der Waals surface area (Å²) in [7, 11) is 0. The molecular formula is C12H15ClN-. The zero-order valence-corrected chi connectivity index (χ0v) is 8.87. The van der Waals surface area contributed by atoms with Crippen LogP contribution < -0.4 is 17.7 Å². The normalized spacial score (nSPS) is 15.4. The second-order valence-corrected chi connectivity index (χ2v) is 3.50. The van der Waals surface area contributed by atoms with Gasteiger partial charge in [-0.25, -0.2) is 0 Å². The van der Waals surface area contributed by atoms with Crippen LogP contribution in [0.1, 0.15) is 18.4 Å². The fourth-order valence-corrected chi connectivity index (χ4v) is 1.28. The second-order valence-electron chi connectivity index (χ2n) is 3.50. The van der Waals surface area contributed by atoms with Gasteiger partial charge in [-0.1, -0.05) is 42.5 Å². The summed E-state index contributed by atoms with van der Waals surface area (Å²) < 4.78 is 0. The van der Waals surface area contributed by atoms with Gasteiger partial charge in [0.15, 0.2) is 0 Å². The number of hydrogen-bond acceptors (Lipinski definition) is 1. The van der Waals surface area contributed by atoms with Crippen molar-refractivity contribution in [1.82, 2.24) is 5.32 Å². The third-order valence-corrected chi connectivity index (χ3v) is 2.21. The van der Waals surface area contributed by atoms with E-state index in [2.05, 4.69) is 41.7 Å². The summed E-state index contributed by atoms with van der Waals surface area (Å²) in [6, 6.07) is 11.2. The molecule has 1 nitrogen and oxygen atoms in total. The topological polar surface area (TPSA) is 12.0 Å². The maximum atomic E-state index is 3.44. The first kappa shape index (κ1) is 11.3. The lowest BCUT2D eigenvalue weighted by Gasteiger charge is -1.95. The standard InChI is InChI=1S/C12H15N.ClH/c1-2-5-11(6-3-1)7-4-10-13-12-8-9-12;/h1-7,12-13H,8-10H2;1H/p-1/b7-4+;. The van der Waals surface area contributed by atoms with E-state index >= 15 is 0 Å². The van der Waals surface area contributed by atoms with Crippen molar-refractivity contribution in [2.75, 3.05) is 6.54 Å². The Morgan fingerprint density at radius 1 is 1.21 bits per heavy atom. The molecule has 14 heavy (non-hydrogen) atoms. The number of hydrogen-bond donors (Lipinski definition) is 1. The zero-order chi connectivity index (χ0) is 8.93. The number of halogens is 1. The molecule has 0 atom stereocenters. The predicted octanol–water partition coefficient (Wildman–Crippen LogP) is -0.544. The number of nitrogens with one attached hydrogen (secondary N) is 1. The Balaban J connectivity index is 0.000000980. The minimum absolute atomic E-state index is 0. The molecule has 1 N–H and O–H groups in total. The molecule has 0 amide bonds. The van der Waals surface area contributed by atoms with Crippen molar-refractivity contribution in [2.45, 2.75) is 18.9 Å². The van der Waals surface area contributed by atoms with Gasteiger partial charge < -0.3 is 17.7 Å². The van der Waals surface area contributed by atoms with Gasteiger partial charge in [-0.3, -0.25) is 0 Å². The van der Waals surface area contributed by atoms with Crippen molar-refractivity contribution in [1.29, 1.82) is 0 Å². The summed E-state index contributed by atoms with van der Waals surface area (Å²) in [5.41, 5.74) is 1.28. The van der Waals surface area contributed by atoms with Crippen molar-refractivity contribution in [3.8, 4) is 0 Å². The lowest BCUT2D eigenvalue weighted by molar-refractivity contribution is -0.00000265. The molecule has 1 aliphatic rings. The van der Waals surface area contributed by atoms with Crippen molar-refractivity contribution < 1.29 is 12.4 Å². The van der Waals surface area contributed by atoms with Crippen molar-refractivity contribution in [3.63, 3.8) is 0 Å². The molecule has 0 aliphatic heterocycles. The summed E-state index contributed by atoms with van der Waals surface area (Å²) in [6.45, 7) is 1.000. The minimum Gasteiger partial charge on any atom is -1.00 e. The molecule has 1 saturated carbocycles. The lowest BCUT2D eigenvalue weighted by atomic mass is 10.2. The van der Waals surface area contributed by atoms with E-state index in [0.29, 0.717) is 0 Å². The monoisotopic (exact) mass is 208 g/mol. The molecule has 0 saturated heterocycles. The first-order chi connectivity index (χ1) is 6.45. The Morgan fingerprint density at radius 3 is 2.57 bits per heavy atom. The van der Waals surface area contributed by atoms with Gasteiger partial charge >= 0.3 is 0 Å². The van der Waals surface area contributed by atoms with E-state index in [-0.39, 0.29) is 12.4 Å². The number of benzene rings is 1. The highest BCUT2D eigenvalue weighted by Gasteiger charge is 2.18. The van der Waals surface area contributed by atoms with Crippen LogP contribution >= 0.6 is 0 Å². The molecular weight excluding hydrogens is 194 g/mol. The van der Waals surface area contributed by atoms with Gasteiger partial charge in [-0.05, 0) is 18.4 Å². The van der Waals surface area contributed by atoms with Gasteiger partial charge in [0, 0.05) is 12.6 Å². The van der Waals surface area contributed by atoms with E-state index in [1.165, 1.54) is 18.4 Å². The molecule has 0 bridgehead atoms. The maximum absolute atomic E-state index is 3.44. The van der Waals surface area contributed by atoms with E-state index in [0.717, 1.165) is 12.6 Å². The molecule has 0 aromatic heterocycles. The third kappa shape index (κ3) is 3.95. The smallest absolute Gasteiger partial charge is 0.0140 e. The molecule has 76 valence electrons. The van der Waals surface area contributed by atoms with E-state index in [1.54, 1.807) is 0 Å². The lowest BCUT2D eigenvalue weighted by Crippen LogP contribution is -3.00. The largest absolute Gasteiger partial charge is 1.00 e.